The fourth-order valence-corrected chi connectivity index (χ4v) is 12.8. The average Bonchev–Trinajstić information content (AvgIpc) is 3.61. The summed E-state index contributed by atoms with van der Waals surface area (Å²) >= 11 is 0. The fourth-order valence-electron chi connectivity index (χ4n) is 8.50. The molecule has 4 aromatic rings. The first-order valence-electron chi connectivity index (χ1n) is 17.8. The maximum atomic E-state index is 2.69. The van der Waals surface area contributed by atoms with Crippen LogP contribution in [-0.2, 0) is 25.7 Å². The van der Waals surface area contributed by atoms with E-state index in [4.69, 9.17) is 0 Å². The molecule has 0 saturated heterocycles. The molecule has 0 amide bonds. The predicted octanol–water partition coefficient (Wildman–Crippen LogP) is 12.6. The van der Waals surface area contributed by atoms with Gasteiger partial charge in [0.1, 0.15) is 8.07 Å². The van der Waals surface area contributed by atoms with Crippen LogP contribution in [0, 0.1) is 0 Å². The van der Waals surface area contributed by atoms with Gasteiger partial charge in [0.2, 0.25) is 0 Å². The van der Waals surface area contributed by atoms with Gasteiger partial charge < -0.3 is 0 Å². The molecule has 4 aromatic carbocycles. The first-order valence-corrected chi connectivity index (χ1v) is 20.8. The lowest BCUT2D eigenvalue weighted by molar-refractivity contribution is 0.884. The Kier molecular flexibility index (Phi) is 9.48. The second-order valence-electron chi connectivity index (χ2n) is 14.0. The van der Waals surface area contributed by atoms with E-state index in [1.54, 1.807) is 43.8 Å². The van der Waals surface area contributed by atoms with Gasteiger partial charge in [0.25, 0.3) is 0 Å². The Hall–Kier alpha value is -3.42. The summed E-state index contributed by atoms with van der Waals surface area (Å²) in [4.78, 5) is 0. The Labute approximate surface area is 274 Å². The van der Waals surface area contributed by atoms with Gasteiger partial charge in [-0.15, -0.1) is 0 Å². The molecule has 2 aliphatic rings. The molecular formula is C44H52Si. The number of aryl methyl sites for hydroxylation is 2. The Bertz CT molecular complexity index is 1600. The van der Waals surface area contributed by atoms with Crippen LogP contribution in [0.5, 0.6) is 0 Å². The number of hydrogen-bond donors (Lipinski definition) is 0. The lowest BCUT2D eigenvalue weighted by Crippen LogP contribution is -2.32. The van der Waals surface area contributed by atoms with Gasteiger partial charge in [0, 0.05) is 0 Å². The van der Waals surface area contributed by atoms with Gasteiger partial charge in [-0.05, 0) is 105 Å². The number of hydrogen-bond acceptors (Lipinski definition) is 0. The van der Waals surface area contributed by atoms with Crippen molar-refractivity contribution >= 4 is 18.5 Å². The van der Waals surface area contributed by atoms with E-state index in [9.17, 15) is 0 Å². The highest BCUT2D eigenvalue weighted by atomic mass is 28.3. The third-order valence-electron chi connectivity index (χ3n) is 10.3. The van der Waals surface area contributed by atoms with Crippen molar-refractivity contribution in [2.45, 2.75) is 105 Å². The zero-order valence-electron chi connectivity index (χ0n) is 28.7. The van der Waals surface area contributed by atoms with Crippen LogP contribution in [0.25, 0.3) is 32.6 Å². The molecule has 0 spiro atoms. The predicted molar refractivity (Wildman–Crippen MR) is 200 cm³/mol. The van der Waals surface area contributed by atoms with Crippen LogP contribution in [0.3, 0.4) is 0 Å². The lowest BCUT2D eigenvalue weighted by Gasteiger charge is -2.33. The van der Waals surface area contributed by atoms with Crippen molar-refractivity contribution in [3.63, 3.8) is 0 Å². The molecule has 0 fully saturated rings. The molecule has 0 heterocycles. The van der Waals surface area contributed by atoms with Crippen LogP contribution in [0.4, 0.5) is 0 Å². The molecule has 0 unspecified atom stereocenters. The van der Waals surface area contributed by atoms with Crippen LogP contribution in [0.2, 0.25) is 13.1 Å². The summed E-state index contributed by atoms with van der Waals surface area (Å²) in [5.74, 6) is 0. The van der Waals surface area contributed by atoms with E-state index in [1.807, 2.05) is 0 Å². The smallest absolute Gasteiger partial charge is 0.0655 e. The maximum Gasteiger partial charge on any atom is 0.113 e. The normalized spacial score (nSPS) is 14.4. The molecule has 2 aliphatic carbocycles. The summed E-state index contributed by atoms with van der Waals surface area (Å²) in [6.45, 7) is 14.6. The maximum absolute atomic E-state index is 2.69. The topological polar surface area (TPSA) is 0 Å². The Morgan fingerprint density at radius 1 is 0.467 bits per heavy atom. The summed E-state index contributed by atoms with van der Waals surface area (Å²) in [7, 11) is -2.16. The molecule has 0 radical (unpaired) electrons. The molecule has 232 valence electrons. The minimum atomic E-state index is -2.16. The quantitative estimate of drug-likeness (QED) is 0.140. The SMILES string of the molecule is CCCC1=C([Si](C)(C)C2=C(CCC)Cc3cccc(-c4ccc(CCC)cc4)c32)c2c(cccc2-c2ccc(CCC)cc2)C1. The second-order valence-corrected chi connectivity index (χ2v) is 18.3. The van der Waals surface area contributed by atoms with Gasteiger partial charge in [0.05, 0.1) is 0 Å². The van der Waals surface area contributed by atoms with E-state index in [0.29, 0.717) is 0 Å². The highest BCUT2D eigenvalue weighted by molar-refractivity contribution is 7.09. The van der Waals surface area contributed by atoms with Crippen molar-refractivity contribution in [1.82, 2.24) is 0 Å². The van der Waals surface area contributed by atoms with E-state index < -0.39 is 8.07 Å². The lowest BCUT2D eigenvalue weighted by atomic mass is 9.95. The first-order chi connectivity index (χ1) is 21.9. The van der Waals surface area contributed by atoms with Crippen LogP contribution in [-0.4, -0.2) is 8.07 Å². The standard InChI is InChI=1S/C44H52Si/c1-7-13-31-21-25-33(26-22-31)39-19-11-17-35-29-37(15-9-3)43(41(35)39)45(5,6)44-38(16-10-4)30-36-18-12-20-40(42(36)44)34-27-23-32(14-8-2)24-28-34/h11-12,17-28H,7-10,13-16,29-30H2,1-6H3. The molecule has 0 atom stereocenters. The number of fused-ring (bicyclic) bond motifs is 2. The van der Waals surface area contributed by atoms with Crippen LogP contribution in [0.15, 0.2) is 96.1 Å². The molecule has 0 N–H and O–H groups in total. The Morgan fingerprint density at radius 2 is 0.844 bits per heavy atom. The zero-order valence-corrected chi connectivity index (χ0v) is 29.7. The van der Waals surface area contributed by atoms with Crippen LogP contribution >= 0.6 is 0 Å². The number of rotatable bonds is 12. The van der Waals surface area contributed by atoms with E-state index in [1.165, 1.54) is 71.9 Å². The van der Waals surface area contributed by atoms with Gasteiger partial charge in [-0.3, -0.25) is 0 Å². The third-order valence-corrected chi connectivity index (χ3v) is 14.0. The molecular weight excluding hydrogens is 557 g/mol. The molecule has 6 rings (SSSR count). The van der Waals surface area contributed by atoms with Gasteiger partial charge >= 0.3 is 0 Å². The molecule has 0 bridgehead atoms. The van der Waals surface area contributed by atoms with E-state index in [-0.39, 0.29) is 0 Å². The number of benzene rings is 4. The van der Waals surface area contributed by atoms with Crippen LogP contribution in [0.1, 0.15) is 99.6 Å². The Balaban J connectivity index is 1.54. The van der Waals surface area contributed by atoms with Crippen molar-refractivity contribution in [3.05, 3.63) is 129 Å². The summed E-state index contributed by atoms with van der Waals surface area (Å²) in [5, 5.41) is 3.47. The first kappa shape index (κ1) is 31.6. The van der Waals surface area contributed by atoms with Crippen molar-refractivity contribution in [2.24, 2.45) is 0 Å². The molecule has 1 heteroatoms. The molecule has 0 saturated carbocycles. The van der Waals surface area contributed by atoms with Crippen molar-refractivity contribution in [1.29, 1.82) is 0 Å². The highest BCUT2D eigenvalue weighted by Crippen LogP contribution is 2.53. The number of allylic oxidation sites excluding steroid dienone is 2. The van der Waals surface area contributed by atoms with Gasteiger partial charge in [-0.1, -0.05) is 163 Å². The largest absolute Gasteiger partial charge is 0.113 e. The van der Waals surface area contributed by atoms with Crippen LogP contribution < -0.4 is 0 Å². The van der Waals surface area contributed by atoms with Gasteiger partial charge in [-0.25, -0.2) is 0 Å². The minimum Gasteiger partial charge on any atom is -0.0655 e. The summed E-state index contributed by atoms with van der Waals surface area (Å²) < 4.78 is 0. The van der Waals surface area contributed by atoms with Crippen molar-refractivity contribution < 1.29 is 0 Å². The minimum absolute atomic E-state index is 1.11. The molecule has 0 aromatic heterocycles. The Morgan fingerprint density at radius 3 is 1.20 bits per heavy atom. The highest BCUT2D eigenvalue weighted by Gasteiger charge is 2.43. The van der Waals surface area contributed by atoms with E-state index >= 15 is 0 Å². The van der Waals surface area contributed by atoms with Crippen molar-refractivity contribution in [2.75, 3.05) is 0 Å². The molecule has 45 heavy (non-hydrogen) atoms. The van der Waals surface area contributed by atoms with Crippen molar-refractivity contribution in [3.8, 4) is 22.3 Å². The third kappa shape index (κ3) is 5.97. The second kappa shape index (κ2) is 13.5. The summed E-state index contributed by atoms with van der Waals surface area (Å²) in [6.07, 6.45) is 11.7. The zero-order chi connectivity index (χ0) is 31.6. The van der Waals surface area contributed by atoms with Gasteiger partial charge in [0.15, 0.2) is 0 Å². The van der Waals surface area contributed by atoms with E-state index in [0.717, 1.165) is 25.7 Å². The fraction of sp³-hybridized carbons (Fsp3) is 0.364. The monoisotopic (exact) mass is 608 g/mol. The summed E-state index contributed by atoms with van der Waals surface area (Å²) in [5.41, 5.74) is 18.1. The molecule has 0 nitrogen and oxygen atoms in total. The average molecular weight is 609 g/mol. The molecule has 0 aliphatic heterocycles. The summed E-state index contributed by atoms with van der Waals surface area (Å²) in [6, 6.07) is 33.3. The van der Waals surface area contributed by atoms with E-state index in [2.05, 4.69) is 126 Å². The van der Waals surface area contributed by atoms with Gasteiger partial charge in [-0.2, -0.15) is 0 Å².